The Bertz CT molecular complexity index is 507. The Morgan fingerprint density at radius 3 is 2.50 bits per heavy atom. The molecule has 0 bridgehead atoms. The summed E-state index contributed by atoms with van der Waals surface area (Å²) >= 11 is 3.44. The van der Waals surface area contributed by atoms with Crippen molar-refractivity contribution >= 4 is 15.9 Å². The molecule has 0 saturated heterocycles. The van der Waals surface area contributed by atoms with Crippen molar-refractivity contribution in [2.75, 3.05) is 7.05 Å². The van der Waals surface area contributed by atoms with Gasteiger partial charge in [-0.2, -0.15) is 0 Å². The highest BCUT2D eigenvalue weighted by atomic mass is 79.9. The first-order valence-electron chi connectivity index (χ1n) is 5.84. The summed E-state index contributed by atoms with van der Waals surface area (Å²) in [6, 6.07) is 8.43. The van der Waals surface area contributed by atoms with Crippen molar-refractivity contribution in [3.8, 4) is 0 Å². The number of nitrogens with one attached hydrogen (secondary N) is 1. The maximum atomic E-state index is 4.09. The van der Waals surface area contributed by atoms with Crippen LogP contribution in [0.2, 0.25) is 0 Å². The lowest BCUT2D eigenvalue weighted by atomic mass is 10.1. The third kappa shape index (κ3) is 2.59. The minimum absolute atomic E-state index is 0.110. The molecule has 2 rings (SSSR count). The van der Waals surface area contributed by atoms with Gasteiger partial charge in [-0.15, -0.1) is 5.10 Å². The molecule has 0 spiro atoms. The van der Waals surface area contributed by atoms with Crippen LogP contribution in [-0.4, -0.2) is 27.3 Å². The summed E-state index contributed by atoms with van der Waals surface area (Å²) in [5, 5.41) is 15.1. The molecule has 0 aliphatic heterocycles. The van der Waals surface area contributed by atoms with Crippen LogP contribution >= 0.6 is 15.9 Å². The van der Waals surface area contributed by atoms with E-state index in [2.05, 4.69) is 55.8 Å². The van der Waals surface area contributed by atoms with Crippen LogP contribution in [0.1, 0.15) is 37.3 Å². The van der Waals surface area contributed by atoms with Gasteiger partial charge in [0, 0.05) is 4.47 Å². The maximum Gasteiger partial charge on any atom is 0.168 e. The molecule has 1 N–H and O–H groups in total. The fraction of sp³-hybridized carbons (Fsp3) is 0.417. The van der Waals surface area contributed by atoms with Crippen molar-refractivity contribution in [2.45, 2.75) is 25.9 Å². The van der Waals surface area contributed by atoms with Gasteiger partial charge in [-0.25, -0.2) is 4.68 Å². The lowest BCUT2D eigenvalue weighted by Gasteiger charge is -2.16. The topological polar surface area (TPSA) is 55.6 Å². The molecule has 1 aromatic heterocycles. The first-order chi connectivity index (χ1) is 8.63. The fourth-order valence-corrected chi connectivity index (χ4v) is 2.04. The maximum absolute atomic E-state index is 4.09. The molecular formula is C12H16BrN5. The van der Waals surface area contributed by atoms with E-state index in [1.165, 1.54) is 5.56 Å². The van der Waals surface area contributed by atoms with E-state index in [0.29, 0.717) is 0 Å². The van der Waals surface area contributed by atoms with Gasteiger partial charge in [0.25, 0.3) is 0 Å². The number of hydrogen-bond donors (Lipinski definition) is 1. The van der Waals surface area contributed by atoms with E-state index in [9.17, 15) is 0 Å². The van der Waals surface area contributed by atoms with E-state index in [0.717, 1.165) is 10.3 Å². The van der Waals surface area contributed by atoms with Crippen molar-refractivity contribution < 1.29 is 0 Å². The van der Waals surface area contributed by atoms with Gasteiger partial charge in [0.1, 0.15) is 0 Å². The zero-order valence-electron chi connectivity index (χ0n) is 10.6. The monoisotopic (exact) mass is 309 g/mol. The van der Waals surface area contributed by atoms with Crippen molar-refractivity contribution in [3.63, 3.8) is 0 Å². The van der Waals surface area contributed by atoms with Crippen LogP contribution in [0.4, 0.5) is 0 Å². The van der Waals surface area contributed by atoms with Crippen LogP contribution in [0.3, 0.4) is 0 Å². The third-order valence-corrected chi connectivity index (χ3v) is 3.59. The van der Waals surface area contributed by atoms with Crippen LogP contribution in [0, 0.1) is 0 Å². The zero-order chi connectivity index (χ0) is 13.1. The van der Waals surface area contributed by atoms with Gasteiger partial charge < -0.3 is 5.32 Å². The molecule has 0 radical (unpaired) electrons. The second-order valence-electron chi connectivity index (χ2n) is 4.22. The summed E-state index contributed by atoms with van der Waals surface area (Å²) in [6.45, 7) is 4.13. The van der Waals surface area contributed by atoms with Gasteiger partial charge in [-0.1, -0.05) is 28.1 Å². The molecule has 1 heterocycles. The lowest BCUT2D eigenvalue weighted by molar-refractivity contribution is 0.482. The highest BCUT2D eigenvalue weighted by Crippen LogP contribution is 2.21. The van der Waals surface area contributed by atoms with Crippen LogP contribution < -0.4 is 5.32 Å². The van der Waals surface area contributed by atoms with E-state index in [1.807, 2.05) is 30.8 Å². The van der Waals surface area contributed by atoms with Crippen molar-refractivity contribution in [1.29, 1.82) is 0 Å². The molecule has 5 nitrogen and oxygen atoms in total. The second kappa shape index (κ2) is 5.58. The first kappa shape index (κ1) is 13.2. The number of nitrogens with zero attached hydrogens (tertiary/aromatic N) is 4. The molecule has 1 aromatic carbocycles. The van der Waals surface area contributed by atoms with Crippen molar-refractivity contribution in [2.24, 2.45) is 0 Å². The Morgan fingerprint density at radius 1 is 1.22 bits per heavy atom. The first-order valence-corrected chi connectivity index (χ1v) is 6.63. The van der Waals surface area contributed by atoms with Crippen LogP contribution in [0.15, 0.2) is 28.7 Å². The van der Waals surface area contributed by atoms with E-state index in [1.54, 1.807) is 0 Å². The number of hydrogen-bond acceptors (Lipinski definition) is 4. The van der Waals surface area contributed by atoms with Gasteiger partial charge in [0.05, 0.1) is 12.1 Å². The minimum atomic E-state index is 0.110. The summed E-state index contributed by atoms with van der Waals surface area (Å²) in [7, 11) is 1.90. The quantitative estimate of drug-likeness (QED) is 0.941. The highest BCUT2D eigenvalue weighted by Gasteiger charge is 2.18. The highest BCUT2D eigenvalue weighted by molar-refractivity contribution is 9.10. The molecule has 2 aromatic rings. The smallest absolute Gasteiger partial charge is 0.168 e. The lowest BCUT2D eigenvalue weighted by Crippen LogP contribution is -2.21. The Hall–Kier alpha value is -1.27. The fourth-order valence-electron chi connectivity index (χ4n) is 1.77. The molecule has 2 unspecified atom stereocenters. The number of benzene rings is 1. The van der Waals surface area contributed by atoms with Crippen LogP contribution in [0.25, 0.3) is 0 Å². The number of rotatable bonds is 4. The number of aromatic nitrogens is 4. The second-order valence-corrected chi connectivity index (χ2v) is 5.14. The molecule has 0 aliphatic carbocycles. The van der Waals surface area contributed by atoms with Crippen molar-refractivity contribution in [3.05, 3.63) is 40.1 Å². The average Bonchev–Trinajstić information content (AvgIpc) is 2.87. The molecule has 2 atom stereocenters. The van der Waals surface area contributed by atoms with Crippen LogP contribution in [0.5, 0.6) is 0 Å². The van der Waals surface area contributed by atoms with Gasteiger partial charge in [0.2, 0.25) is 0 Å². The van der Waals surface area contributed by atoms with Crippen LogP contribution in [-0.2, 0) is 0 Å². The Balaban J connectivity index is 2.31. The predicted octanol–water partition coefficient (Wildman–Crippen LogP) is 2.33. The van der Waals surface area contributed by atoms with E-state index in [-0.39, 0.29) is 12.1 Å². The van der Waals surface area contributed by atoms with Gasteiger partial charge >= 0.3 is 0 Å². The predicted molar refractivity (Wildman–Crippen MR) is 73.2 cm³/mol. The molecular weight excluding hydrogens is 294 g/mol. The number of halogens is 1. The summed E-state index contributed by atoms with van der Waals surface area (Å²) < 4.78 is 2.92. The molecule has 0 saturated carbocycles. The Morgan fingerprint density at radius 2 is 1.89 bits per heavy atom. The van der Waals surface area contributed by atoms with Crippen molar-refractivity contribution in [1.82, 2.24) is 25.5 Å². The molecule has 6 heteroatoms. The largest absolute Gasteiger partial charge is 0.311 e. The Labute approximate surface area is 115 Å². The number of tetrazole rings is 1. The Kier molecular flexibility index (Phi) is 4.08. The minimum Gasteiger partial charge on any atom is -0.311 e. The molecule has 0 amide bonds. The summed E-state index contributed by atoms with van der Waals surface area (Å²) in [5.41, 5.74) is 1.18. The average molecular weight is 310 g/mol. The standard InChI is InChI=1S/C12H16BrN5/c1-8(14-3)12-15-16-17-18(12)9(2)10-4-6-11(13)7-5-10/h4-9,14H,1-3H3. The molecule has 0 fully saturated rings. The van der Waals surface area contributed by atoms with E-state index < -0.39 is 0 Å². The van der Waals surface area contributed by atoms with Gasteiger partial charge in [-0.3, -0.25) is 0 Å². The van der Waals surface area contributed by atoms with E-state index in [4.69, 9.17) is 0 Å². The summed E-state index contributed by atoms with van der Waals surface area (Å²) in [4.78, 5) is 0. The SMILES string of the molecule is CNC(C)c1nnnn1C(C)c1ccc(Br)cc1. The molecule has 18 heavy (non-hydrogen) atoms. The van der Waals surface area contributed by atoms with Gasteiger partial charge in [0.15, 0.2) is 5.82 Å². The third-order valence-electron chi connectivity index (χ3n) is 3.06. The summed E-state index contributed by atoms with van der Waals surface area (Å²) in [6.07, 6.45) is 0. The molecule has 96 valence electrons. The summed E-state index contributed by atoms with van der Waals surface area (Å²) in [5.74, 6) is 0.841. The van der Waals surface area contributed by atoms with E-state index >= 15 is 0 Å². The molecule has 0 aliphatic rings. The zero-order valence-corrected chi connectivity index (χ0v) is 12.2. The van der Waals surface area contributed by atoms with Gasteiger partial charge in [-0.05, 0) is 49.0 Å². The normalized spacial score (nSPS) is 14.4.